The van der Waals surface area contributed by atoms with E-state index in [4.69, 9.17) is 9.26 Å². The standard InChI is InChI=1S/C16H18F2N2O4S/c1-10(8-23-16-13(17)3-2-4-14(16)18)20-25(21,22)9-12-7-15(24-19-12)11-5-6-11/h2-4,7,10-11,20H,5-6,8-9H2,1H3/t10-/m0/s1. The average Bonchev–Trinajstić information content (AvgIpc) is 3.27. The number of hydrogen-bond acceptors (Lipinski definition) is 5. The van der Waals surface area contributed by atoms with Crippen LogP contribution in [0.4, 0.5) is 8.78 Å². The van der Waals surface area contributed by atoms with Gasteiger partial charge in [-0.2, -0.15) is 0 Å². The van der Waals surface area contributed by atoms with Crippen LogP contribution in [0.5, 0.6) is 5.75 Å². The van der Waals surface area contributed by atoms with Gasteiger partial charge in [0.1, 0.15) is 23.8 Å². The molecule has 1 atom stereocenters. The Morgan fingerprint density at radius 3 is 2.68 bits per heavy atom. The first kappa shape index (κ1) is 17.8. The predicted octanol–water partition coefficient (Wildman–Crippen LogP) is 2.72. The molecule has 0 radical (unpaired) electrons. The molecule has 0 bridgehead atoms. The minimum Gasteiger partial charge on any atom is -0.486 e. The zero-order valence-electron chi connectivity index (χ0n) is 13.5. The molecular weight excluding hydrogens is 354 g/mol. The van der Waals surface area contributed by atoms with Gasteiger partial charge >= 0.3 is 0 Å². The zero-order valence-corrected chi connectivity index (χ0v) is 14.4. The summed E-state index contributed by atoms with van der Waals surface area (Å²) in [4.78, 5) is 0. The van der Waals surface area contributed by atoms with Crippen LogP contribution >= 0.6 is 0 Å². The van der Waals surface area contributed by atoms with E-state index in [1.165, 1.54) is 13.0 Å². The molecule has 3 rings (SSSR count). The van der Waals surface area contributed by atoms with Crippen molar-refractivity contribution < 1.29 is 26.5 Å². The van der Waals surface area contributed by atoms with Crippen LogP contribution in [-0.2, 0) is 15.8 Å². The SMILES string of the molecule is C[C@@H](COc1c(F)cccc1F)NS(=O)(=O)Cc1cc(C2CC2)on1. The fourth-order valence-corrected chi connectivity index (χ4v) is 3.65. The van der Waals surface area contributed by atoms with Crippen LogP contribution in [0.25, 0.3) is 0 Å². The van der Waals surface area contributed by atoms with Crippen LogP contribution in [0.15, 0.2) is 28.8 Å². The molecule has 0 saturated heterocycles. The van der Waals surface area contributed by atoms with Gasteiger partial charge in [-0.1, -0.05) is 11.2 Å². The highest BCUT2D eigenvalue weighted by Gasteiger charge is 2.28. The molecule has 0 aliphatic heterocycles. The number of hydrogen-bond donors (Lipinski definition) is 1. The van der Waals surface area contributed by atoms with Crippen molar-refractivity contribution in [2.24, 2.45) is 0 Å². The summed E-state index contributed by atoms with van der Waals surface area (Å²) in [5, 5.41) is 3.76. The highest BCUT2D eigenvalue weighted by Crippen LogP contribution is 2.40. The first-order chi connectivity index (χ1) is 11.8. The van der Waals surface area contributed by atoms with Gasteiger partial charge < -0.3 is 9.26 Å². The molecule has 0 spiro atoms. The summed E-state index contributed by atoms with van der Waals surface area (Å²) >= 11 is 0. The summed E-state index contributed by atoms with van der Waals surface area (Å²) < 4.78 is 63.8. The largest absolute Gasteiger partial charge is 0.486 e. The molecular formula is C16H18F2N2O4S. The van der Waals surface area contributed by atoms with Crippen LogP contribution in [0, 0.1) is 11.6 Å². The number of halogens is 2. The molecule has 1 aliphatic carbocycles. The molecule has 1 aromatic carbocycles. The molecule has 0 amide bonds. The van der Waals surface area contributed by atoms with Crippen molar-refractivity contribution in [1.82, 2.24) is 9.88 Å². The number of ether oxygens (including phenoxy) is 1. The Morgan fingerprint density at radius 2 is 2.04 bits per heavy atom. The van der Waals surface area contributed by atoms with Crippen molar-refractivity contribution in [3.05, 3.63) is 47.4 Å². The molecule has 1 aliphatic rings. The molecule has 1 saturated carbocycles. The highest BCUT2D eigenvalue weighted by molar-refractivity contribution is 7.88. The lowest BCUT2D eigenvalue weighted by molar-refractivity contribution is 0.261. The van der Waals surface area contributed by atoms with Gasteiger partial charge in [-0.25, -0.2) is 21.9 Å². The van der Waals surface area contributed by atoms with Gasteiger partial charge in [-0.05, 0) is 31.9 Å². The summed E-state index contributed by atoms with van der Waals surface area (Å²) in [5.74, 6) is -1.49. The Kier molecular flexibility index (Phi) is 5.05. The summed E-state index contributed by atoms with van der Waals surface area (Å²) in [6.07, 6.45) is 2.06. The van der Waals surface area contributed by atoms with Crippen LogP contribution in [0.2, 0.25) is 0 Å². The number of para-hydroxylation sites is 1. The van der Waals surface area contributed by atoms with E-state index in [-0.39, 0.29) is 12.4 Å². The molecule has 6 nitrogen and oxygen atoms in total. The number of rotatable bonds is 8. The molecule has 0 unspecified atom stereocenters. The predicted molar refractivity (Wildman–Crippen MR) is 85.6 cm³/mol. The Bertz CT molecular complexity index is 829. The molecule has 1 heterocycles. The number of sulfonamides is 1. The van der Waals surface area contributed by atoms with Gasteiger partial charge in [0.25, 0.3) is 0 Å². The summed E-state index contributed by atoms with van der Waals surface area (Å²) in [6.45, 7) is 1.32. The number of nitrogens with one attached hydrogen (secondary N) is 1. The third-order valence-corrected chi connectivity index (χ3v) is 5.11. The molecule has 9 heteroatoms. The number of nitrogens with zero attached hydrogens (tertiary/aromatic N) is 1. The second-order valence-electron chi connectivity index (χ2n) is 6.13. The van der Waals surface area contributed by atoms with E-state index in [1.54, 1.807) is 6.07 Å². The summed E-state index contributed by atoms with van der Waals surface area (Å²) in [5.41, 5.74) is 0.322. The lowest BCUT2D eigenvalue weighted by atomic mass is 10.3. The average molecular weight is 372 g/mol. The molecule has 1 fully saturated rings. The minimum atomic E-state index is -3.69. The lowest BCUT2D eigenvalue weighted by Crippen LogP contribution is -2.37. The van der Waals surface area contributed by atoms with Gasteiger partial charge in [0.05, 0.1) is 6.04 Å². The fraction of sp³-hybridized carbons (Fsp3) is 0.438. The van der Waals surface area contributed by atoms with E-state index in [0.717, 1.165) is 25.0 Å². The van der Waals surface area contributed by atoms with Gasteiger partial charge in [0.15, 0.2) is 17.4 Å². The maximum Gasteiger partial charge on any atom is 0.217 e. The zero-order chi connectivity index (χ0) is 18.0. The normalized spacial score (nSPS) is 16.0. The third kappa shape index (κ3) is 4.76. The van der Waals surface area contributed by atoms with Crippen LogP contribution in [-0.4, -0.2) is 26.2 Å². The van der Waals surface area contributed by atoms with Gasteiger partial charge in [-0.15, -0.1) is 0 Å². The maximum atomic E-state index is 13.5. The topological polar surface area (TPSA) is 81.4 Å². The number of aromatic nitrogens is 1. The maximum absolute atomic E-state index is 13.5. The quantitative estimate of drug-likeness (QED) is 0.771. The number of benzene rings is 1. The van der Waals surface area contributed by atoms with Crippen molar-refractivity contribution in [2.45, 2.75) is 37.5 Å². The summed E-state index contributed by atoms with van der Waals surface area (Å²) in [6, 6.07) is 4.31. The molecule has 136 valence electrons. The molecule has 2 aromatic rings. The molecule has 1 N–H and O–H groups in total. The van der Waals surface area contributed by atoms with Crippen LogP contribution < -0.4 is 9.46 Å². The van der Waals surface area contributed by atoms with Gasteiger partial charge in [-0.3, -0.25) is 0 Å². The molecule has 1 aromatic heterocycles. The first-order valence-corrected chi connectivity index (χ1v) is 9.51. The van der Waals surface area contributed by atoms with Gasteiger partial charge in [0.2, 0.25) is 10.0 Å². The fourth-order valence-electron chi connectivity index (χ4n) is 2.36. The summed E-state index contributed by atoms with van der Waals surface area (Å²) in [7, 11) is -3.69. The third-order valence-electron chi connectivity index (χ3n) is 3.67. The van der Waals surface area contributed by atoms with Crippen molar-refractivity contribution >= 4 is 10.0 Å². The van der Waals surface area contributed by atoms with E-state index in [2.05, 4.69) is 9.88 Å². The van der Waals surface area contributed by atoms with Crippen molar-refractivity contribution in [1.29, 1.82) is 0 Å². The second kappa shape index (κ2) is 7.09. The van der Waals surface area contributed by atoms with Crippen LogP contribution in [0.1, 0.15) is 37.1 Å². The van der Waals surface area contributed by atoms with Crippen molar-refractivity contribution in [2.75, 3.05) is 6.61 Å². The van der Waals surface area contributed by atoms with Crippen LogP contribution in [0.3, 0.4) is 0 Å². The first-order valence-electron chi connectivity index (χ1n) is 7.86. The van der Waals surface area contributed by atoms with E-state index < -0.39 is 33.4 Å². The smallest absolute Gasteiger partial charge is 0.217 e. The van der Waals surface area contributed by atoms with Crippen molar-refractivity contribution in [3.63, 3.8) is 0 Å². The van der Waals surface area contributed by atoms with Gasteiger partial charge in [0, 0.05) is 12.0 Å². The Labute approximate surface area is 144 Å². The Hall–Kier alpha value is -2.00. The molecule has 25 heavy (non-hydrogen) atoms. The monoisotopic (exact) mass is 372 g/mol. The lowest BCUT2D eigenvalue weighted by Gasteiger charge is -2.15. The van der Waals surface area contributed by atoms with E-state index in [0.29, 0.717) is 17.4 Å². The van der Waals surface area contributed by atoms with E-state index >= 15 is 0 Å². The van der Waals surface area contributed by atoms with Crippen molar-refractivity contribution in [3.8, 4) is 5.75 Å². The Balaban J connectivity index is 1.54. The van der Waals surface area contributed by atoms with E-state index in [9.17, 15) is 17.2 Å². The van der Waals surface area contributed by atoms with E-state index in [1.807, 2.05) is 0 Å². The minimum absolute atomic E-state index is 0.219. The highest BCUT2D eigenvalue weighted by atomic mass is 32.2. The second-order valence-corrected chi connectivity index (χ2v) is 7.89. The Morgan fingerprint density at radius 1 is 1.36 bits per heavy atom.